The Morgan fingerprint density at radius 2 is 2.24 bits per heavy atom. The molecule has 1 aliphatic rings. The van der Waals surface area contributed by atoms with E-state index in [1.807, 2.05) is 6.20 Å². The number of ether oxygens (including phenoxy) is 1. The minimum absolute atomic E-state index is 0.146. The van der Waals surface area contributed by atoms with Gasteiger partial charge in [-0.25, -0.2) is 4.98 Å². The number of anilines is 1. The van der Waals surface area contributed by atoms with E-state index in [2.05, 4.69) is 48.0 Å². The summed E-state index contributed by atoms with van der Waals surface area (Å²) in [5.41, 5.74) is 8.30. The number of rotatable bonds is 3. The van der Waals surface area contributed by atoms with Gasteiger partial charge in [0.05, 0.1) is 12.7 Å². The Labute approximate surface area is 129 Å². The summed E-state index contributed by atoms with van der Waals surface area (Å²) < 4.78 is 6.05. The lowest BCUT2D eigenvalue weighted by atomic mass is 10.0. The molecule has 2 aromatic rings. The number of hydrogen-bond acceptors (Lipinski definition) is 5. The molecule has 2 heterocycles. The molecule has 2 unspecified atom stereocenters. The Morgan fingerprint density at radius 1 is 1.43 bits per heavy atom. The summed E-state index contributed by atoms with van der Waals surface area (Å²) >= 11 is 1.57. The van der Waals surface area contributed by atoms with Gasteiger partial charge in [0.25, 0.3) is 0 Å². The van der Waals surface area contributed by atoms with Crippen molar-refractivity contribution in [2.75, 3.05) is 18.9 Å². The van der Waals surface area contributed by atoms with Gasteiger partial charge in [0.2, 0.25) is 0 Å². The van der Waals surface area contributed by atoms with Crippen LogP contribution in [-0.2, 0) is 11.3 Å². The molecule has 0 saturated carbocycles. The third-order valence-corrected chi connectivity index (χ3v) is 4.84. The molecule has 1 fully saturated rings. The van der Waals surface area contributed by atoms with Crippen LogP contribution in [0.3, 0.4) is 0 Å². The van der Waals surface area contributed by atoms with Crippen molar-refractivity contribution in [1.82, 2.24) is 9.88 Å². The molecule has 0 radical (unpaired) electrons. The van der Waals surface area contributed by atoms with E-state index in [1.54, 1.807) is 11.3 Å². The lowest BCUT2D eigenvalue weighted by molar-refractivity contribution is -0.0632. The SMILES string of the molecule is Cc1ccccc1C1CN(Cc2cnc(N)s2)C(C)CO1. The van der Waals surface area contributed by atoms with Crippen molar-refractivity contribution in [3.8, 4) is 0 Å². The van der Waals surface area contributed by atoms with Crippen LogP contribution in [0.4, 0.5) is 5.13 Å². The van der Waals surface area contributed by atoms with Crippen LogP contribution in [0.1, 0.15) is 29.0 Å². The number of morpholine rings is 1. The predicted octanol–water partition coefficient (Wildman–Crippen LogP) is 3.00. The fourth-order valence-electron chi connectivity index (χ4n) is 2.76. The molecular weight excluding hydrogens is 282 g/mol. The number of nitrogen functional groups attached to an aromatic ring is 1. The Kier molecular flexibility index (Phi) is 4.24. The minimum Gasteiger partial charge on any atom is -0.375 e. The first-order chi connectivity index (χ1) is 10.1. The van der Waals surface area contributed by atoms with E-state index in [1.165, 1.54) is 16.0 Å². The van der Waals surface area contributed by atoms with Crippen LogP contribution in [0.5, 0.6) is 0 Å². The summed E-state index contributed by atoms with van der Waals surface area (Å²) in [6.07, 6.45) is 2.03. The first kappa shape index (κ1) is 14.5. The van der Waals surface area contributed by atoms with Crippen LogP contribution in [0.2, 0.25) is 0 Å². The van der Waals surface area contributed by atoms with Crippen LogP contribution in [0.25, 0.3) is 0 Å². The van der Waals surface area contributed by atoms with Crippen LogP contribution in [0.15, 0.2) is 30.5 Å². The minimum atomic E-state index is 0.146. The first-order valence-electron chi connectivity index (χ1n) is 7.25. The number of aryl methyl sites for hydroxylation is 1. The van der Waals surface area contributed by atoms with E-state index in [4.69, 9.17) is 10.5 Å². The van der Waals surface area contributed by atoms with Crippen molar-refractivity contribution in [3.63, 3.8) is 0 Å². The first-order valence-corrected chi connectivity index (χ1v) is 8.06. The smallest absolute Gasteiger partial charge is 0.180 e. The zero-order valence-corrected chi connectivity index (χ0v) is 13.3. The zero-order valence-electron chi connectivity index (χ0n) is 12.5. The highest BCUT2D eigenvalue weighted by molar-refractivity contribution is 7.15. The van der Waals surface area contributed by atoms with Gasteiger partial charge < -0.3 is 10.5 Å². The van der Waals surface area contributed by atoms with E-state index < -0.39 is 0 Å². The average molecular weight is 303 g/mol. The third kappa shape index (κ3) is 3.26. The van der Waals surface area contributed by atoms with Gasteiger partial charge in [-0.15, -0.1) is 11.3 Å². The van der Waals surface area contributed by atoms with Crippen LogP contribution in [-0.4, -0.2) is 29.1 Å². The molecule has 21 heavy (non-hydrogen) atoms. The van der Waals surface area contributed by atoms with E-state index in [-0.39, 0.29) is 6.10 Å². The molecule has 2 N–H and O–H groups in total. The van der Waals surface area contributed by atoms with Gasteiger partial charge in [-0.05, 0) is 25.0 Å². The third-order valence-electron chi connectivity index (χ3n) is 4.03. The molecule has 0 amide bonds. The lowest BCUT2D eigenvalue weighted by Crippen LogP contribution is -2.44. The number of aromatic nitrogens is 1. The highest BCUT2D eigenvalue weighted by Crippen LogP contribution is 2.29. The molecular formula is C16H21N3OS. The Bertz CT molecular complexity index is 613. The Hall–Kier alpha value is -1.43. The monoisotopic (exact) mass is 303 g/mol. The molecule has 3 rings (SSSR count). The van der Waals surface area contributed by atoms with Crippen molar-refractivity contribution in [1.29, 1.82) is 0 Å². The van der Waals surface area contributed by atoms with Gasteiger partial charge in [-0.3, -0.25) is 4.90 Å². The van der Waals surface area contributed by atoms with E-state index >= 15 is 0 Å². The van der Waals surface area contributed by atoms with Gasteiger partial charge in [0.15, 0.2) is 5.13 Å². The average Bonchev–Trinajstić information content (AvgIpc) is 2.87. The van der Waals surface area contributed by atoms with Crippen molar-refractivity contribution >= 4 is 16.5 Å². The van der Waals surface area contributed by atoms with E-state index in [0.717, 1.165) is 19.7 Å². The largest absolute Gasteiger partial charge is 0.375 e. The number of nitrogens with two attached hydrogens (primary N) is 1. The van der Waals surface area contributed by atoms with Crippen LogP contribution in [0, 0.1) is 6.92 Å². The number of nitrogens with zero attached hydrogens (tertiary/aromatic N) is 2. The molecule has 0 spiro atoms. The number of benzene rings is 1. The van der Waals surface area contributed by atoms with Crippen LogP contribution >= 0.6 is 11.3 Å². The summed E-state index contributed by atoms with van der Waals surface area (Å²) in [6, 6.07) is 8.87. The molecule has 112 valence electrons. The lowest BCUT2D eigenvalue weighted by Gasteiger charge is -2.38. The van der Waals surface area contributed by atoms with Gasteiger partial charge in [0.1, 0.15) is 0 Å². The summed E-state index contributed by atoms with van der Waals surface area (Å²) in [5, 5.41) is 0.640. The summed E-state index contributed by atoms with van der Waals surface area (Å²) in [7, 11) is 0. The second-order valence-electron chi connectivity index (χ2n) is 5.62. The van der Waals surface area contributed by atoms with Gasteiger partial charge in [-0.1, -0.05) is 24.3 Å². The maximum absolute atomic E-state index is 6.05. The van der Waals surface area contributed by atoms with Crippen molar-refractivity contribution in [3.05, 3.63) is 46.5 Å². The maximum Gasteiger partial charge on any atom is 0.180 e. The summed E-state index contributed by atoms with van der Waals surface area (Å²) in [5.74, 6) is 0. The fraction of sp³-hybridized carbons (Fsp3) is 0.438. The van der Waals surface area contributed by atoms with Crippen molar-refractivity contribution < 1.29 is 4.74 Å². The second-order valence-corrected chi connectivity index (χ2v) is 6.77. The maximum atomic E-state index is 6.05. The van der Waals surface area contributed by atoms with E-state index in [9.17, 15) is 0 Å². The molecule has 1 saturated heterocycles. The standard InChI is InChI=1S/C16H21N3OS/c1-11-5-3-4-6-14(11)15-9-19(12(2)10-20-15)8-13-7-18-16(17)21-13/h3-7,12,15H,8-10H2,1-2H3,(H2,17,18). The van der Waals surface area contributed by atoms with Gasteiger partial charge in [0, 0.05) is 30.2 Å². The Balaban J connectivity index is 1.74. The van der Waals surface area contributed by atoms with Gasteiger partial charge in [-0.2, -0.15) is 0 Å². The highest BCUT2D eigenvalue weighted by atomic mass is 32.1. The predicted molar refractivity (Wildman–Crippen MR) is 86.3 cm³/mol. The summed E-state index contributed by atoms with van der Waals surface area (Å²) in [4.78, 5) is 7.80. The number of hydrogen-bond donors (Lipinski definition) is 1. The van der Waals surface area contributed by atoms with Crippen LogP contribution < -0.4 is 5.73 Å². The molecule has 2 atom stereocenters. The zero-order chi connectivity index (χ0) is 14.8. The normalized spacial score (nSPS) is 23.3. The van der Waals surface area contributed by atoms with Crippen molar-refractivity contribution in [2.24, 2.45) is 0 Å². The fourth-order valence-corrected chi connectivity index (χ4v) is 3.47. The molecule has 0 aliphatic carbocycles. The van der Waals surface area contributed by atoms with Crippen molar-refractivity contribution in [2.45, 2.75) is 32.5 Å². The highest BCUT2D eigenvalue weighted by Gasteiger charge is 2.28. The van der Waals surface area contributed by atoms with Gasteiger partial charge >= 0.3 is 0 Å². The molecule has 1 aromatic carbocycles. The summed E-state index contributed by atoms with van der Waals surface area (Å²) in [6.45, 7) is 6.91. The molecule has 4 nitrogen and oxygen atoms in total. The quantitative estimate of drug-likeness (QED) is 0.947. The number of thiazole rings is 1. The molecule has 0 bridgehead atoms. The van der Waals surface area contributed by atoms with E-state index in [0.29, 0.717) is 11.2 Å². The molecule has 1 aromatic heterocycles. The Morgan fingerprint density at radius 3 is 2.95 bits per heavy atom. The second kappa shape index (κ2) is 6.13. The molecule has 5 heteroatoms. The topological polar surface area (TPSA) is 51.4 Å². The molecule has 1 aliphatic heterocycles.